The Kier molecular flexibility index (Phi) is 4.31. The molecule has 3 nitrogen and oxygen atoms in total. The summed E-state index contributed by atoms with van der Waals surface area (Å²) >= 11 is 0. The highest BCUT2D eigenvalue weighted by atomic mass is 16.5. The molecule has 0 fully saturated rings. The average Bonchev–Trinajstić information content (AvgIpc) is 2.53. The minimum atomic E-state index is -0.194. The van der Waals surface area contributed by atoms with E-state index in [4.69, 9.17) is 9.47 Å². The Hall–Kier alpha value is -2.00. The second-order valence-electron chi connectivity index (χ2n) is 6.78. The van der Waals surface area contributed by atoms with E-state index in [-0.39, 0.29) is 11.8 Å². The van der Waals surface area contributed by atoms with Crippen molar-refractivity contribution in [1.29, 1.82) is 0 Å². The molecule has 0 spiro atoms. The molecular formula is C20H25NO2. The fraction of sp³-hybridized carbons (Fsp3) is 0.400. The first-order chi connectivity index (χ1) is 11.0. The molecule has 122 valence electrons. The van der Waals surface area contributed by atoms with Crippen molar-refractivity contribution >= 4 is 0 Å². The van der Waals surface area contributed by atoms with E-state index in [1.165, 1.54) is 11.1 Å². The van der Waals surface area contributed by atoms with Gasteiger partial charge in [-0.3, -0.25) is 5.32 Å². The van der Waals surface area contributed by atoms with E-state index in [1.54, 1.807) is 0 Å². The molecular weight excluding hydrogens is 286 g/mol. The zero-order valence-electron chi connectivity index (χ0n) is 14.3. The average molecular weight is 311 g/mol. The summed E-state index contributed by atoms with van der Waals surface area (Å²) in [4.78, 5) is 0. The van der Waals surface area contributed by atoms with Crippen LogP contribution in [0.2, 0.25) is 0 Å². The predicted molar refractivity (Wildman–Crippen MR) is 93.2 cm³/mol. The first-order valence-electron chi connectivity index (χ1n) is 8.20. The number of fused-ring (bicyclic) bond motifs is 1. The second kappa shape index (κ2) is 6.25. The predicted octanol–water partition coefficient (Wildman–Crippen LogP) is 4.32. The highest BCUT2D eigenvalue weighted by Gasteiger charge is 2.34. The summed E-state index contributed by atoms with van der Waals surface area (Å²) in [5.74, 6) is 2.11. The molecule has 2 aromatic rings. The summed E-state index contributed by atoms with van der Waals surface area (Å²) in [5.41, 5.74) is 2.38. The van der Waals surface area contributed by atoms with Gasteiger partial charge in [0.1, 0.15) is 23.3 Å². The Balaban J connectivity index is 1.98. The van der Waals surface area contributed by atoms with Crippen LogP contribution in [0.4, 0.5) is 0 Å². The van der Waals surface area contributed by atoms with Crippen LogP contribution in [0.1, 0.15) is 44.2 Å². The molecule has 1 N–H and O–H groups in total. The molecule has 0 radical (unpaired) electrons. The van der Waals surface area contributed by atoms with Crippen LogP contribution in [0.3, 0.4) is 0 Å². The van der Waals surface area contributed by atoms with Crippen LogP contribution in [0.5, 0.6) is 11.5 Å². The molecule has 1 aliphatic heterocycles. The van der Waals surface area contributed by atoms with E-state index < -0.39 is 0 Å². The maximum Gasteiger partial charge on any atom is 0.147 e. The Morgan fingerprint density at radius 2 is 1.91 bits per heavy atom. The van der Waals surface area contributed by atoms with Crippen LogP contribution in [0, 0.1) is 0 Å². The Morgan fingerprint density at radius 1 is 1.17 bits per heavy atom. The normalized spacial score (nSPS) is 20.3. The van der Waals surface area contributed by atoms with Gasteiger partial charge in [0.2, 0.25) is 0 Å². The molecule has 3 heteroatoms. The quantitative estimate of drug-likeness (QED) is 0.853. The maximum absolute atomic E-state index is 6.23. The third kappa shape index (κ3) is 3.50. The third-order valence-electron chi connectivity index (χ3n) is 4.36. The molecule has 2 unspecified atom stereocenters. The number of ether oxygens (including phenoxy) is 2. The van der Waals surface area contributed by atoms with Gasteiger partial charge in [-0.15, -0.1) is 0 Å². The summed E-state index contributed by atoms with van der Waals surface area (Å²) < 4.78 is 12.1. The molecule has 2 atom stereocenters. The summed E-state index contributed by atoms with van der Waals surface area (Å²) in [6.07, 6.45) is 0.937. The van der Waals surface area contributed by atoms with Gasteiger partial charge in [-0.1, -0.05) is 36.4 Å². The van der Waals surface area contributed by atoms with E-state index in [0.29, 0.717) is 5.92 Å². The molecule has 0 saturated carbocycles. The molecule has 23 heavy (non-hydrogen) atoms. The van der Waals surface area contributed by atoms with E-state index in [0.717, 1.165) is 17.9 Å². The Morgan fingerprint density at radius 3 is 2.61 bits per heavy atom. The highest BCUT2D eigenvalue weighted by molar-refractivity contribution is 5.48. The third-order valence-corrected chi connectivity index (χ3v) is 4.36. The molecule has 2 aromatic carbocycles. The molecule has 0 saturated heterocycles. The number of nitrogens with one attached hydrogen (secondary N) is 1. The summed E-state index contributed by atoms with van der Waals surface area (Å²) in [6.45, 7) is 6.28. The van der Waals surface area contributed by atoms with Crippen molar-refractivity contribution in [2.75, 3.05) is 7.05 Å². The van der Waals surface area contributed by atoms with Crippen LogP contribution in [-0.4, -0.2) is 18.9 Å². The SMILES string of the molecule is CNC(C)Oc1ccc2c(c1)OC(C)(C)CC2c1ccccc1. The van der Waals surface area contributed by atoms with Crippen molar-refractivity contribution < 1.29 is 9.47 Å². The zero-order valence-corrected chi connectivity index (χ0v) is 14.3. The lowest BCUT2D eigenvalue weighted by Crippen LogP contribution is -2.35. The summed E-state index contributed by atoms with van der Waals surface area (Å²) in [6, 6.07) is 16.8. The van der Waals surface area contributed by atoms with Gasteiger partial charge in [-0.2, -0.15) is 0 Å². The van der Waals surface area contributed by atoms with Gasteiger partial charge in [0.15, 0.2) is 0 Å². The Bertz CT molecular complexity index is 667. The van der Waals surface area contributed by atoms with Gasteiger partial charge < -0.3 is 9.47 Å². The van der Waals surface area contributed by atoms with Crippen molar-refractivity contribution in [3.63, 3.8) is 0 Å². The smallest absolute Gasteiger partial charge is 0.147 e. The molecule has 0 aromatic heterocycles. The first-order valence-corrected chi connectivity index (χ1v) is 8.20. The summed E-state index contributed by atoms with van der Waals surface area (Å²) in [5, 5.41) is 3.08. The van der Waals surface area contributed by atoms with Crippen LogP contribution < -0.4 is 14.8 Å². The van der Waals surface area contributed by atoms with Crippen LogP contribution in [0.15, 0.2) is 48.5 Å². The fourth-order valence-corrected chi connectivity index (χ4v) is 3.15. The van der Waals surface area contributed by atoms with E-state index >= 15 is 0 Å². The highest BCUT2D eigenvalue weighted by Crippen LogP contribution is 2.45. The largest absolute Gasteiger partial charge is 0.487 e. The van der Waals surface area contributed by atoms with Gasteiger partial charge in [0.25, 0.3) is 0 Å². The molecule has 0 aliphatic carbocycles. The lowest BCUT2D eigenvalue weighted by molar-refractivity contribution is 0.0766. The molecule has 0 bridgehead atoms. The number of hydrogen-bond donors (Lipinski definition) is 1. The van der Waals surface area contributed by atoms with Gasteiger partial charge in [-0.25, -0.2) is 0 Å². The van der Waals surface area contributed by atoms with E-state index in [2.05, 4.69) is 55.6 Å². The van der Waals surface area contributed by atoms with Gasteiger partial charge >= 0.3 is 0 Å². The van der Waals surface area contributed by atoms with Crippen molar-refractivity contribution in [3.05, 3.63) is 59.7 Å². The first kappa shape index (κ1) is 15.9. The fourth-order valence-electron chi connectivity index (χ4n) is 3.15. The minimum absolute atomic E-state index is 0.0328. The molecule has 1 aliphatic rings. The minimum Gasteiger partial charge on any atom is -0.487 e. The van der Waals surface area contributed by atoms with Crippen LogP contribution in [-0.2, 0) is 0 Å². The Labute approximate surface area is 138 Å². The number of hydrogen-bond acceptors (Lipinski definition) is 3. The van der Waals surface area contributed by atoms with Gasteiger partial charge in [0, 0.05) is 17.5 Å². The van der Waals surface area contributed by atoms with Crippen molar-refractivity contribution in [2.45, 2.75) is 44.9 Å². The second-order valence-corrected chi connectivity index (χ2v) is 6.78. The molecule has 3 rings (SSSR count). The standard InChI is InChI=1S/C20H25NO2/c1-14(21-4)22-16-10-11-17-18(15-8-6-5-7-9-15)13-20(2,3)23-19(17)12-16/h5-12,14,18,21H,13H2,1-4H3. The lowest BCUT2D eigenvalue weighted by atomic mass is 9.80. The number of rotatable bonds is 4. The zero-order chi connectivity index (χ0) is 16.4. The van der Waals surface area contributed by atoms with Crippen LogP contribution in [0.25, 0.3) is 0 Å². The monoisotopic (exact) mass is 311 g/mol. The van der Waals surface area contributed by atoms with Gasteiger partial charge in [-0.05, 0) is 45.9 Å². The van der Waals surface area contributed by atoms with E-state index in [1.807, 2.05) is 26.1 Å². The summed E-state index contributed by atoms with van der Waals surface area (Å²) in [7, 11) is 1.88. The van der Waals surface area contributed by atoms with Crippen molar-refractivity contribution in [3.8, 4) is 11.5 Å². The van der Waals surface area contributed by atoms with Crippen molar-refractivity contribution in [1.82, 2.24) is 5.32 Å². The van der Waals surface area contributed by atoms with Gasteiger partial charge in [0.05, 0.1) is 0 Å². The van der Waals surface area contributed by atoms with Crippen molar-refractivity contribution in [2.24, 2.45) is 0 Å². The molecule has 1 heterocycles. The van der Waals surface area contributed by atoms with E-state index in [9.17, 15) is 0 Å². The molecule has 0 amide bonds. The topological polar surface area (TPSA) is 30.5 Å². The maximum atomic E-state index is 6.23. The number of benzene rings is 2. The lowest BCUT2D eigenvalue weighted by Gasteiger charge is -2.38. The van der Waals surface area contributed by atoms with Crippen LogP contribution >= 0.6 is 0 Å².